The van der Waals surface area contributed by atoms with Crippen LogP contribution < -0.4 is 4.90 Å². The lowest BCUT2D eigenvalue weighted by atomic mass is 10.1. The first-order valence-electron chi connectivity index (χ1n) is 8.73. The molecule has 24 heavy (non-hydrogen) atoms. The van der Waals surface area contributed by atoms with Crippen molar-refractivity contribution in [1.82, 2.24) is 9.78 Å². The van der Waals surface area contributed by atoms with Crippen LogP contribution in [0.2, 0.25) is 0 Å². The maximum absolute atomic E-state index is 12.0. The number of carbonyl (C=O) groups excluding carboxylic acids is 1. The molecule has 1 aromatic carbocycles. The van der Waals surface area contributed by atoms with Crippen molar-refractivity contribution >= 4 is 11.6 Å². The number of nitrogens with zero attached hydrogens (tertiary/aromatic N) is 3. The van der Waals surface area contributed by atoms with Gasteiger partial charge in [-0.2, -0.15) is 5.10 Å². The van der Waals surface area contributed by atoms with Gasteiger partial charge in [0.2, 0.25) is 0 Å². The van der Waals surface area contributed by atoms with Crippen LogP contribution in [0, 0.1) is 0 Å². The van der Waals surface area contributed by atoms with Crippen LogP contribution >= 0.6 is 0 Å². The standard InChI is InChI=1S/C19H25N3O2/c1-2-3-13-24-18-15-21(11-9-17(18)23)19-10-12-22(20-19)14-16-7-5-4-6-8-16/h4-8,10,12,18H,2-3,9,11,13-15H2,1H3. The third kappa shape index (κ3) is 4.23. The Balaban J connectivity index is 1.61. The fourth-order valence-corrected chi connectivity index (χ4v) is 2.90. The van der Waals surface area contributed by atoms with E-state index in [0.29, 0.717) is 19.6 Å². The van der Waals surface area contributed by atoms with E-state index in [1.54, 1.807) is 0 Å². The van der Waals surface area contributed by atoms with E-state index in [2.05, 4.69) is 29.1 Å². The minimum Gasteiger partial charge on any atom is -0.369 e. The van der Waals surface area contributed by atoms with Crippen molar-refractivity contribution in [2.24, 2.45) is 0 Å². The molecule has 5 heteroatoms. The number of Topliss-reactive ketones (excluding diaryl/α,β-unsaturated/α-hetero) is 1. The summed E-state index contributed by atoms with van der Waals surface area (Å²) < 4.78 is 7.70. The largest absolute Gasteiger partial charge is 0.369 e. The average Bonchev–Trinajstić information content (AvgIpc) is 3.06. The number of hydrogen-bond acceptors (Lipinski definition) is 4. The summed E-state index contributed by atoms with van der Waals surface area (Å²) in [6.45, 7) is 4.85. The molecule has 2 aromatic rings. The number of anilines is 1. The Morgan fingerprint density at radius 2 is 2.08 bits per heavy atom. The Morgan fingerprint density at radius 3 is 2.88 bits per heavy atom. The fraction of sp³-hybridized carbons (Fsp3) is 0.474. The van der Waals surface area contributed by atoms with Crippen LogP contribution in [0.5, 0.6) is 0 Å². The van der Waals surface area contributed by atoms with Crippen molar-refractivity contribution in [3.8, 4) is 0 Å². The SMILES string of the molecule is CCCCOC1CN(c2ccn(Cc3ccccc3)n2)CCC1=O. The predicted molar refractivity (Wildman–Crippen MR) is 94.3 cm³/mol. The third-order valence-corrected chi connectivity index (χ3v) is 4.33. The summed E-state index contributed by atoms with van der Waals surface area (Å²) in [5.74, 6) is 1.13. The minimum absolute atomic E-state index is 0.214. The molecule has 128 valence electrons. The zero-order valence-corrected chi connectivity index (χ0v) is 14.2. The first kappa shape index (κ1) is 16.7. The molecule has 1 aliphatic heterocycles. The maximum Gasteiger partial charge on any atom is 0.165 e. The Bertz CT molecular complexity index is 654. The van der Waals surface area contributed by atoms with Gasteiger partial charge in [0.25, 0.3) is 0 Å². The molecule has 5 nitrogen and oxygen atoms in total. The van der Waals surface area contributed by atoms with Gasteiger partial charge in [-0.25, -0.2) is 0 Å². The zero-order chi connectivity index (χ0) is 16.8. The van der Waals surface area contributed by atoms with Crippen LogP contribution in [0.3, 0.4) is 0 Å². The van der Waals surface area contributed by atoms with E-state index in [-0.39, 0.29) is 11.9 Å². The second-order valence-corrected chi connectivity index (χ2v) is 6.23. The summed E-state index contributed by atoms with van der Waals surface area (Å²) in [6, 6.07) is 12.3. The fourth-order valence-electron chi connectivity index (χ4n) is 2.90. The van der Waals surface area contributed by atoms with Crippen LogP contribution in [0.1, 0.15) is 31.7 Å². The number of aromatic nitrogens is 2. The lowest BCUT2D eigenvalue weighted by molar-refractivity contribution is -0.131. The molecular formula is C19H25N3O2. The maximum atomic E-state index is 12.0. The number of ketones is 1. The lowest BCUT2D eigenvalue weighted by Gasteiger charge is -2.31. The minimum atomic E-state index is -0.315. The molecule has 1 saturated heterocycles. The number of carbonyl (C=O) groups is 1. The second-order valence-electron chi connectivity index (χ2n) is 6.23. The quantitative estimate of drug-likeness (QED) is 0.734. The molecule has 1 fully saturated rings. The molecule has 1 atom stereocenters. The van der Waals surface area contributed by atoms with Gasteiger partial charge in [0.15, 0.2) is 11.6 Å². The van der Waals surface area contributed by atoms with E-state index in [4.69, 9.17) is 4.74 Å². The number of hydrogen-bond donors (Lipinski definition) is 0. The van der Waals surface area contributed by atoms with Crippen molar-refractivity contribution in [3.63, 3.8) is 0 Å². The monoisotopic (exact) mass is 327 g/mol. The van der Waals surface area contributed by atoms with Crippen LogP contribution in [0.4, 0.5) is 5.82 Å². The molecule has 1 aliphatic rings. The van der Waals surface area contributed by atoms with Gasteiger partial charge in [0.05, 0.1) is 13.1 Å². The van der Waals surface area contributed by atoms with E-state index in [1.165, 1.54) is 5.56 Å². The van der Waals surface area contributed by atoms with Gasteiger partial charge >= 0.3 is 0 Å². The van der Waals surface area contributed by atoms with Crippen molar-refractivity contribution in [1.29, 1.82) is 0 Å². The first-order chi connectivity index (χ1) is 11.8. The summed E-state index contributed by atoms with van der Waals surface area (Å²) in [7, 11) is 0. The van der Waals surface area contributed by atoms with Gasteiger partial charge in [0.1, 0.15) is 6.10 Å². The molecule has 0 N–H and O–H groups in total. The lowest BCUT2D eigenvalue weighted by Crippen LogP contribution is -2.46. The average molecular weight is 327 g/mol. The number of benzene rings is 1. The van der Waals surface area contributed by atoms with Gasteiger partial charge in [-0.15, -0.1) is 0 Å². The molecular weight excluding hydrogens is 302 g/mol. The topological polar surface area (TPSA) is 47.4 Å². The molecule has 1 unspecified atom stereocenters. The summed E-state index contributed by atoms with van der Waals surface area (Å²) in [6.07, 6.45) is 4.28. The molecule has 0 spiro atoms. The summed E-state index contributed by atoms with van der Waals surface area (Å²) in [4.78, 5) is 14.2. The smallest absolute Gasteiger partial charge is 0.165 e. The van der Waals surface area contributed by atoms with E-state index in [1.807, 2.05) is 35.1 Å². The molecule has 0 amide bonds. The van der Waals surface area contributed by atoms with Gasteiger partial charge in [-0.3, -0.25) is 9.48 Å². The van der Waals surface area contributed by atoms with Crippen LogP contribution in [0.15, 0.2) is 42.6 Å². The number of ether oxygens (including phenoxy) is 1. The van der Waals surface area contributed by atoms with Crippen molar-refractivity contribution in [2.45, 2.75) is 38.8 Å². The first-order valence-corrected chi connectivity index (χ1v) is 8.73. The number of unbranched alkanes of at least 4 members (excludes halogenated alkanes) is 1. The molecule has 0 bridgehead atoms. The van der Waals surface area contributed by atoms with Crippen LogP contribution in [0.25, 0.3) is 0 Å². The third-order valence-electron chi connectivity index (χ3n) is 4.33. The van der Waals surface area contributed by atoms with E-state index < -0.39 is 0 Å². The number of rotatable bonds is 7. The van der Waals surface area contributed by atoms with Crippen LogP contribution in [-0.2, 0) is 16.1 Å². The summed E-state index contributed by atoms with van der Waals surface area (Å²) >= 11 is 0. The van der Waals surface area contributed by atoms with E-state index in [0.717, 1.165) is 31.7 Å². The number of piperidine rings is 1. The highest BCUT2D eigenvalue weighted by Crippen LogP contribution is 2.18. The van der Waals surface area contributed by atoms with Gasteiger partial charge < -0.3 is 9.64 Å². The molecule has 3 rings (SSSR count). The Kier molecular flexibility index (Phi) is 5.64. The highest BCUT2D eigenvalue weighted by molar-refractivity contribution is 5.85. The summed E-state index contributed by atoms with van der Waals surface area (Å²) in [5, 5.41) is 4.66. The van der Waals surface area contributed by atoms with Crippen LogP contribution in [-0.4, -0.2) is 41.4 Å². The Labute approximate surface area is 143 Å². The summed E-state index contributed by atoms with van der Waals surface area (Å²) in [5.41, 5.74) is 1.22. The van der Waals surface area contributed by atoms with Gasteiger partial charge in [0, 0.05) is 31.8 Å². The molecule has 0 saturated carbocycles. The van der Waals surface area contributed by atoms with E-state index >= 15 is 0 Å². The molecule has 1 aromatic heterocycles. The highest BCUT2D eigenvalue weighted by atomic mass is 16.5. The van der Waals surface area contributed by atoms with E-state index in [9.17, 15) is 4.79 Å². The molecule has 2 heterocycles. The Morgan fingerprint density at radius 1 is 1.25 bits per heavy atom. The van der Waals surface area contributed by atoms with Crippen molar-refractivity contribution < 1.29 is 9.53 Å². The van der Waals surface area contributed by atoms with Crippen molar-refractivity contribution in [2.75, 3.05) is 24.6 Å². The normalized spacial score (nSPS) is 18.1. The second kappa shape index (κ2) is 8.11. The highest BCUT2D eigenvalue weighted by Gasteiger charge is 2.28. The molecule has 0 aliphatic carbocycles. The van der Waals surface area contributed by atoms with Crippen molar-refractivity contribution in [3.05, 3.63) is 48.2 Å². The van der Waals surface area contributed by atoms with Gasteiger partial charge in [-0.05, 0) is 12.0 Å². The zero-order valence-electron chi connectivity index (χ0n) is 14.2. The Hall–Kier alpha value is -2.14. The predicted octanol–water partition coefficient (Wildman–Crippen LogP) is 2.90. The molecule has 0 radical (unpaired) electrons. The van der Waals surface area contributed by atoms with Gasteiger partial charge in [-0.1, -0.05) is 43.7 Å².